The molecule has 1 atom stereocenters. The largest absolute Gasteiger partial charge is 0.348 e. The van der Waals surface area contributed by atoms with Gasteiger partial charge in [-0.05, 0) is 88.8 Å². The van der Waals surface area contributed by atoms with Crippen LogP contribution in [0.5, 0.6) is 0 Å². The topological polar surface area (TPSA) is 118 Å². The number of piperidine rings is 1. The lowest BCUT2D eigenvalue weighted by Crippen LogP contribution is -2.50. The van der Waals surface area contributed by atoms with Crippen molar-refractivity contribution in [2.24, 2.45) is 5.92 Å². The molecule has 0 bridgehead atoms. The third kappa shape index (κ3) is 5.50. The highest BCUT2D eigenvalue weighted by molar-refractivity contribution is 7.18. The number of amides is 3. The van der Waals surface area contributed by atoms with E-state index in [-0.39, 0.29) is 35.3 Å². The van der Waals surface area contributed by atoms with Gasteiger partial charge >= 0.3 is 11.7 Å². The maximum Gasteiger partial charge on any atom is 0.331 e. The molecule has 2 aliphatic rings. The zero-order valence-electron chi connectivity index (χ0n) is 23.5. The summed E-state index contributed by atoms with van der Waals surface area (Å²) >= 11 is 1.56. The fraction of sp³-hybridized carbons (Fsp3) is 0.433. The molecule has 1 aliphatic heterocycles. The lowest BCUT2D eigenvalue weighted by atomic mass is 10.1. The van der Waals surface area contributed by atoms with Crippen LogP contribution in [-0.2, 0) is 6.54 Å². The standard InChI is InChI=1S/C30H34N6O4S/c1-17(2)36-25-11-9-21(14-23(25)28(38)35(30(36)40)15-19-6-7-19)33-29(39)34-12-4-5-22(16-34)32-27(37)20-8-10-24-26(13-20)41-18(3)31-24/h8-11,13-14,17,19,22H,4-7,12,15-16H2,1-3H3,(H,32,37)(H,33,39)/t22-/m1/s1. The molecule has 2 fully saturated rings. The summed E-state index contributed by atoms with van der Waals surface area (Å²) < 4.78 is 3.97. The van der Waals surface area contributed by atoms with Crippen molar-refractivity contribution in [3.05, 3.63) is 67.8 Å². The van der Waals surface area contributed by atoms with Gasteiger partial charge in [-0.2, -0.15) is 0 Å². The molecular weight excluding hydrogens is 540 g/mol. The van der Waals surface area contributed by atoms with E-state index in [9.17, 15) is 19.2 Å². The highest BCUT2D eigenvalue weighted by Gasteiger charge is 2.27. The van der Waals surface area contributed by atoms with Gasteiger partial charge in [0.05, 0.1) is 26.1 Å². The Labute approximate surface area is 241 Å². The minimum atomic E-state index is -0.322. The van der Waals surface area contributed by atoms with Crippen molar-refractivity contribution in [3.63, 3.8) is 0 Å². The molecule has 4 aromatic rings. The van der Waals surface area contributed by atoms with E-state index in [2.05, 4.69) is 15.6 Å². The third-order valence-corrected chi connectivity index (χ3v) is 8.81. The number of anilines is 1. The molecule has 3 amide bonds. The number of urea groups is 1. The first-order chi connectivity index (χ1) is 19.7. The molecule has 214 valence electrons. The molecule has 0 spiro atoms. The first-order valence-corrected chi connectivity index (χ1v) is 15.0. The predicted octanol–water partition coefficient (Wildman–Crippen LogP) is 4.50. The van der Waals surface area contributed by atoms with E-state index in [0.29, 0.717) is 47.7 Å². The maximum atomic E-state index is 13.3. The normalized spacial score (nSPS) is 17.4. The minimum absolute atomic E-state index is 0.120. The number of thiazole rings is 1. The first-order valence-electron chi connectivity index (χ1n) is 14.2. The van der Waals surface area contributed by atoms with Crippen LogP contribution in [0.2, 0.25) is 0 Å². The van der Waals surface area contributed by atoms with Gasteiger partial charge in [0, 0.05) is 43.0 Å². The summed E-state index contributed by atoms with van der Waals surface area (Å²) in [6.45, 7) is 7.17. The van der Waals surface area contributed by atoms with Gasteiger partial charge in [0.15, 0.2) is 0 Å². The number of hydrogen-bond acceptors (Lipinski definition) is 6. The highest BCUT2D eigenvalue weighted by Crippen LogP contribution is 2.30. The number of aromatic nitrogens is 3. The van der Waals surface area contributed by atoms with E-state index >= 15 is 0 Å². The smallest absolute Gasteiger partial charge is 0.331 e. The Bertz CT molecular complexity index is 1780. The van der Waals surface area contributed by atoms with Crippen LogP contribution in [0.1, 0.15) is 60.9 Å². The molecule has 1 aliphatic carbocycles. The zero-order valence-corrected chi connectivity index (χ0v) is 24.3. The number of fused-ring (bicyclic) bond motifs is 2. The maximum absolute atomic E-state index is 13.3. The summed E-state index contributed by atoms with van der Waals surface area (Å²) in [4.78, 5) is 58.9. The summed E-state index contributed by atoms with van der Waals surface area (Å²) in [6.07, 6.45) is 3.59. The molecule has 1 saturated heterocycles. The zero-order chi connectivity index (χ0) is 28.8. The second-order valence-corrected chi connectivity index (χ2v) is 12.7. The molecule has 2 aromatic heterocycles. The number of carbonyl (C=O) groups is 2. The Hall–Kier alpha value is -3.99. The van der Waals surface area contributed by atoms with Crippen molar-refractivity contribution in [2.75, 3.05) is 18.4 Å². The Morgan fingerprint density at radius 3 is 2.66 bits per heavy atom. The Morgan fingerprint density at radius 2 is 1.90 bits per heavy atom. The molecular formula is C30H34N6O4S. The van der Waals surface area contributed by atoms with Gasteiger partial charge in [0.1, 0.15) is 0 Å². The van der Waals surface area contributed by atoms with Crippen LogP contribution < -0.4 is 21.9 Å². The van der Waals surface area contributed by atoms with Gasteiger partial charge in [-0.3, -0.25) is 18.7 Å². The van der Waals surface area contributed by atoms with Gasteiger partial charge in [0.2, 0.25) is 0 Å². The fourth-order valence-corrected chi connectivity index (χ4v) is 6.48. The lowest BCUT2D eigenvalue weighted by molar-refractivity contribution is 0.0913. The van der Waals surface area contributed by atoms with E-state index in [1.807, 2.05) is 32.9 Å². The summed E-state index contributed by atoms with van der Waals surface area (Å²) in [5.74, 6) is 0.201. The number of aryl methyl sites for hydroxylation is 1. The number of likely N-dealkylation sites (tertiary alicyclic amines) is 1. The van der Waals surface area contributed by atoms with Crippen molar-refractivity contribution in [1.29, 1.82) is 0 Å². The number of hydrogen-bond donors (Lipinski definition) is 2. The predicted molar refractivity (Wildman–Crippen MR) is 161 cm³/mol. The quantitative estimate of drug-likeness (QED) is 0.352. The average molecular weight is 575 g/mol. The van der Waals surface area contributed by atoms with Crippen molar-refractivity contribution in [3.8, 4) is 0 Å². The molecule has 0 unspecified atom stereocenters. The van der Waals surface area contributed by atoms with Gasteiger partial charge in [0.25, 0.3) is 11.5 Å². The lowest BCUT2D eigenvalue weighted by Gasteiger charge is -2.33. The Kier molecular flexibility index (Phi) is 7.14. The number of nitrogens with one attached hydrogen (secondary N) is 2. The summed E-state index contributed by atoms with van der Waals surface area (Å²) in [5, 5.41) is 7.38. The minimum Gasteiger partial charge on any atom is -0.348 e. The van der Waals surface area contributed by atoms with E-state index in [1.165, 1.54) is 4.57 Å². The second-order valence-electron chi connectivity index (χ2n) is 11.4. The van der Waals surface area contributed by atoms with Gasteiger partial charge in [-0.25, -0.2) is 14.6 Å². The number of benzene rings is 2. The van der Waals surface area contributed by atoms with Crippen LogP contribution in [0.3, 0.4) is 0 Å². The monoisotopic (exact) mass is 574 g/mol. The van der Waals surface area contributed by atoms with E-state index < -0.39 is 0 Å². The molecule has 2 aromatic carbocycles. The fourth-order valence-electron chi connectivity index (χ4n) is 5.61. The summed E-state index contributed by atoms with van der Waals surface area (Å²) in [7, 11) is 0. The Balaban J connectivity index is 1.17. The van der Waals surface area contributed by atoms with Crippen molar-refractivity contribution >= 4 is 50.1 Å². The van der Waals surface area contributed by atoms with Crippen LogP contribution in [0.15, 0.2) is 46.0 Å². The van der Waals surface area contributed by atoms with Gasteiger partial charge in [-0.15, -0.1) is 11.3 Å². The van der Waals surface area contributed by atoms with E-state index in [1.54, 1.807) is 45.1 Å². The van der Waals surface area contributed by atoms with Gasteiger partial charge < -0.3 is 15.5 Å². The van der Waals surface area contributed by atoms with Crippen LogP contribution in [0.25, 0.3) is 21.1 Å². The SMILES string of the molecule is Cc1nc2ccc(C(=O)N[C@@H]3CCCN(C(=O)Nc4ccc5c(c4)c(=O)n(CC4CC4)c(=O)n5C(C)C)C3)cc2s1. The Morgan fingerprint density at radius 1 is 1.10 bits per heavy atom. The summed E-state index contributed by atoms with van der Waals surface area (Å²) in [6, 6.07) is 10.0. The number of carbonyl (C=O) groups excluding carboxylic acids is 2. The van der Waals surface area contributed by atoms with Crippen LogP contribution in [0.4, 0.5) is 10.5 Å². The number of nitrogens with zero attached hydrogens (tertiary/aromatic N) is 4. The second kappa shape index (κ2) is 10.8. The molecule has 1 saturated carbocycles. The van der Waals surface area contributed by atoms with Crippen molar-refractivity contribution in [2.45, 2.75) is 65.1 Å². The van der Waals surface area contributed by atoms with Crippen molar-refractivity contribution in [1.82, 2.24) is 24.3 Å². The number of rotatable bonds is 6. The van der Waals surface area contributed by atoms with Gasteiger partial charge in [-0.1, -0.05) is 0 Å². The van der Waals surface area contributed by atoms with E-state index in [4.69, 9.17) is 0 Å². The molecule has 41 heavy (non-hydrogen) atoms. The first kappa shape index (κ1) is 27.2. The molecule has 6 rings (SSSR count). The van der Waals surface area contributed by atoms with Crippen LogP contribution >= 0.6 is 11.3 Å². The third-order valence-electron chi connectivity index (χ3n) is 7.88. The average Bonchev–Trinajstić information content (AvgIpc) is 3.69. The van der Waals surface area contributed by atoms with Crippen LogP contribution in [-0.4, -0.2) is 50.1 Å². The molecule has 0 radical (unpaired) electrons. The van der Waals surface area contributed by atoms with E-state index in [0.717, 1.165) is 40.9 Å². The summed E-state index contributed by atoms with van der Waals surface area (Å²) in [5.41, 5.74) is 1.90. The van der Waals surface area contributed by atoms with Crippen molar-refractivity contribution < 1.29 is 9.59 Å². The molecule has 2 N–H and O–H groups in total. The molecule has 10 nitrogen and oxygen atoms in total. The van der Waals surface area contributed by atoms with Crippen LogP contribution in [0, 0.1) is 12.8 Å². The molecule has 3 heterocycles. The molecule has 11 heteroatoms. The highest BCUT2D eigenvalue weighted by atomic mass is 32.1.